The first kappa shape index (κ1) is 13.3. The molecule has 0 N–H and O–H groups in total. The van der Waals surface area contributed by atoms with Gasteiger partial charge in [0.1, 0.15) is 18.8 Å². The number of likely N-dealkylation sites (tertiary alicyclic amines) is 1. The molecule has 1 saturated heterocycles. The summed E-state index contributed by atoms with van der Waals surface area (Å²) in [4.78, 5) is 13.0. The molecule has 0 saturated carbocycles. The highest BCUT2D eigenvalue weighted by molar-refractivity contribution is 5.68. The lowest BCUT2D eigenvalue weighted by molar-refractivity contribution is 0.0586. The lowest BCUT2D eigenvalue weighted by Gasteiger charge is -2.32. The molecule has 2 atom stereocenters. The normalized spacial score (nSPS) is 22.6. The fraction of sp³-hybridized carbons (Fsp3) is 0.429. The molecule has 0 radical (unpaired) electrons. The van der Waals surface area contributed by atoms with E-state index in [1.54, 1.807) is 0 Å². The monoisotopic (exact) mass is 262 g/mol. The minimum Gasteiger partial charge on any atom is -0.445 e. The molecule has 1 aliphatic heterocycles. The van der Waals surface area contributed by atoms with Gasteiger partial charge in [0.25, 0.3) is 0 Å². The fourth-order valence-corrected chi connectivity index (χ4v) is 2.06. The van der Waals surface area contributed by atoms with E-state index >= 15 is 0 Å². The van der Waals surface area contributed by atoms with Crippen LogP contribution in [0, 0.1) is 11.3 Å². The molecule has 1 heterocycles. The SMILES string of the molecule is N#CC1CCC(F)CN1C(=O)OCc1ccccc1. The van der Waals surface area contributed by atoms with Crippen LogP contribution < -0.4 is 0 Å². The van der Waals surface area contributed by atoms with E-state index in [0.29, 0.717) is 12.8 Å². The van der Waals surface area contributed by atoms with Gasteiger partial charge in [0.05, 0.1) is 12.6 Å². The van der Waals surface area contributed by atoms with E-state index < -0.39 is 18.3 Å². The van der Waals surface area contributed by atoms with Crippen LogP contribution in [0.3, 0.4) is 0 Å². The lowest BCUT2D eigenvalue weighted by Crippen LogP contribution is -2.47. The van der Waals surface area contributed by atoms with Gasteiger partial charge in [0.15, 0.2) is 0 Å². The summed E-state index contributed by atoms with van der Waals surface area (Å²) in [5, 5.41) is 8.96. The Morgan fingerprint density at radius 1 is 1.42 bits per heavy atom. The van der Waals surface area contributed by atoms with Crippen LogP contribution in [0.15, 0.2) is 30.3 Å². The van der Waals surface area contributed by atoms with Crippen molar-refractivity contribution in [3.8, 4) is 6.07 Å². The van der Waals surface area contributed by atoms with Gasteiger partial charge in [-0.3, -0.25) is 4.90 Å². The van der Waals surface area contributed by atoms with E-state index in [-0.39, 0.29) is 13.2 Å². The topological polar surface area (TPSA) is 53.3 Å². The molecule has 1 aromatic rings. The van der Waals surface area contributed by atoms with Crippen molar-refractivity contribution in [2.45, 2.75) is 31.7 Å². The highest BCUT2D eigenvalue weighted by Gasteiger charge is 2.32. The standard InChI is InChI=1S/C14H15FN2O2/c15-12-6-7-13(8-16)17(9-12)14(18)19-10-11-4-2-1-3-5-11/h1-5,12-13H,6-7,9-10H2. The van der Waals surface area contributed by atoms with Crippen LogP contribution in [0.4, 0.5) is 9.18 Å². The number of piperidine rings is 1. The molecular formula is C14H15FN2O2. The summed E-state index contributed by atoms with van der Waals surface area (Å²) >= 11 is 0. The van der Waals surface area contributed by atoms with E-state index in [1.807, 2.05) is 36.4 Å². The van der Waals surface area contributed by atoms with Crippen molar-refractivity contribution < 1.29 is 13.9 Å². The van der Waals surface area contributed by atoms with Crippen LogP contribution in [0.2, 0.25) is 0 Å². The highest BCUT2D eigenvalue weighted by Crippen LogP contribution is 2.20. The average molecular weight is 262 g/mol. The summed E-state index contributed by atoms with van der Waals surface area (Å²) in [7, 11) is 0. The second-order valence-corrected chi connectivity index (χ2v) is 4.51. The fourth-order valence-electron chi connectivity index (χ4n) is 2.06. The number of alkyl halides is 1. The number of nitrogens with zero attached hydrogens (tertiary/aromatic N) is 2. The van der Waals surface area contributed by atoms with Gasteiger partial charge in [0.2, 0.25) is 0 Å². The summed E-state index contributed by atoms with van der Waals surface area (Å²) in [6.45, 7) is 0.0666. The third-order valence-corrected chi connectivity index (χ3v) is 3.11. The number of halogens is 1. The highest BCUT2D eigenvalue weighted by atomic mass is 19.1. The van der Waals surface area contributed by atoms with Gasteiger partial charge in [-0.05, 0) is 18.4 Å². The molecule has 0 bridgehead atoms. The molecule has 0 spiro atoms. The summed E-state index contributed by atoms with van der Waals surface area (Å²) < 4.78 is 18.4. The number of hydrogen-bond donors (Lipinski definition) is 0. The van der Waals surface area contributed by atoms with Crippen molar-refractivity contribution >= 4 is 6.09 Å². The number of hydrogen-bond acceptors (Lipinski definition) is 3. The molecule has 2 rings (SSSR count). The Hall–Kier alpha value is -2.09. The molecule has 100 valence electrons. The largest absolute Gasteiger partial charge is 0.445 e. The quantitative estimate of drug-likeness (QED) is 0.823. The number of carbonyl (C=O) groups is 1. The average Bonchev–Trinajstić information content (AvgIpc) is 2.46. The maximum atomic E-state index is 13.3. The van der Waals surface area contributed by atoms with Crippen molar-refractivity contribution in [1.29, 1.82) is 5.26 Å². The van der Waals surface area contributed by atoms with Gasteiger partial charge in [0, 0.05) is 0 Å². The third kappa shape index (κ3) is 3.44. The van der Waals surface area contributed by atoms with E-state index in [4.69, 9.17) is 10.00 Å². The first-order valence-corrected chi connectivity index (χ1v) is 6.21. The van der Waals surface area contributed by atoms with Crippen LogP contribution >= 0.6 is 0 Å². The first-order valence-electron chi connectivity index (χ1n) is 6.21. The molecule has 1 fully saturated rings. The predicted octanol–water partition coefficient (Wildman–Crippen LogP) is 2.65. The lowest BCUT2D eigenvalue weighted by atomic mass is 10.0. The zero-order valence-corrected chi connectivity index (χ0v) is 10.5. The van der Waals surface area contributed by atoms with E-state index in [2.05, 4.69) is 0 Å². The molecule has 19 heavy (non-hydrogen) atoms. The summed E-state index contributed by atoms with van der Waals surface area (Å²) in [6, 6.07) is 10.7. The maximum Gasteiger partial charge on any atom is 0.411 e. The Bertz CT molecular complexity index is 472. The van der Waals surface area contributed by atoms with Crippen molar-refractivity contribution in [3.05, 3.63) is 35.9 Å². The van der Waals surface area contributed by atoms with Crippen molar-refractivity contribution in [2.24, 2.45) is 0 Å². The van der Waals surface area contributed by atoms with Gasteiger partial charge < -0.3 is 4.74 Å². The van der Waals surface area contributed by atoms with Crippen molar-refractivity contribution in [2.75, 3.05) is 6.54 Å². The van der Waals surface area contributed by atoms with E-state index in [0.717, 1.165) is 5.56 Å². The van der Waals surface area contributed by atoms with Crippen molar-refractivity contribution in [1.82, 2.24) is 4.90 Å². The summed E-state index contributed by atoms with van der Waals surface area (Å²) in [6.07, 6.45) is -1.02. The number of rotatable bonds is 2. The molecule has 5 heteroatoms. The first-order chi connectivity index (χ1) is 9.20. The molecule has 0 aromatic heterocycles. The zero-order chi connectivity index (χ0) is 13.7. The zero-order valence-electron chi connectivity index (χ0n) is 10.5. The molecule has 2 unspecified atom stereocenters. The number of benzene rings is 1. The second-order valence-electron chi connectivity index (χ2n) is 4.51. The minimum atomic E-state index is -1.08. The summed E-state index contributed by atoms with van der Waals surface area (Å²) in [5.41, 5.74) is 0.859. The Morgan fingerprint density at radius 2 is 2.16 bits per heavy atom. The molecular weight excluding hydrogens is 247 g/mol. The van der Waals surface area contributed by atoms with Crippen LogP contribution in [0.25, 0.3) is 0 Å². The van der Waals surface area contributed by atoms with Crippen LogP contribution in [-0.4, -0.2) is 29.8 Å². The van der Waals surface area contributed by atoms with Gasteiger partial charge in [-0.15, -0.1) is 0 Å². The summed E-state index contributed by atoms with van der Waals surface area (Å²) in [5.74, 6) is 0. The number of nitriles is 1. The van der Waals surface area contributed by atoms with Gasteiger partial charge in [-0.2, -0.15) is 5.26 Å². The van der Waals surface area contributed by atoms with Gasteiger partial charge in [-0.25, -0.2) is 9.18 Å². The number of amides is 1. The Kier molecular flexibility index (Phi) is 4.35. The van der Waals surface area contributed by atoms with Crippen LogP contribution in [0.5, 0.6) is 0 Å². The minimum absolute atomic E-state index is 0.0636. The Balaban J connectivity index is 1.93. The second kappa shape index (κ2) is 6.19. The van der Waals surface area contributed by atoms with Gasteiger partial charge in [-0.1, -0.05) is 30.3 Å². The van der Waals surface area contributed by atoms with Crippen LogP contribution in [-0.2, 0) is 11.3 Å². The molecule has 0 aliphatic carbocycles. The van der Waals surface area contributed by atoms with Crippen molar-refractivity contribution in [3.63, 3.8) is 0 Å². The smallest absolute Gasteiger partial charge is 0.411 e. The number of carbonyl (C=O) groups excluding carboxylic acids is 1. The molecule has 1 aromatic carbocycles. The molecule has 4 nitrogen and oxygen atoms in total. The Morgan fingerprint density at radius 3 is 2.84 bits per heavy atom. The maximum absolute atomic E-state index is 13.3. The third-order valence-electron chi connectivity index (χ3n) is 3.11. The molecule has 1 amide bonds. The molecule has 1 aliphatic rings. The number of ether oxygens (including phenoxy) is 1. The predicted molar refractivity (Wildman–Crippen MR) is 66.9 cm³/mol. The Labute approximate surface area is 111 Å². The van der Waals surface area contributed by atoms with E-state index in [1.165, 1.54) is 4.90 Å². The van der Waals surface area contributed by atoms with E-state index in [9.17, 15) is 9.18 Å². The van der Waals surface area contributed by atoms with Gasteiger partial charge >= 0.3 is 6.09 Å². The van der Waals surface area contributed by atoms with Crippen LogP contribution in [0.1, 0.15) is 18.4 Å².